The number of nitrogens with one attached hydrogen (secondary N) is 1. The molecule has 192 valence electrons. The first kappa shape index (κ1) is 25.9. The average Bonchev–Trinajstić information content (AvgIpc) is 3.53. The van der Waals surface area contributed by atoms with Crippen LogP contribution in [-0.4, -0.2) is 75.9 Å². The summed E-state index contributed by atoms with van der Waals surface area (Å²) in [4.78, 5) is 28.2. The molecule has 11 nitrogen and oxygen atoms in total. The Balaban J connectivity index is 1.56. The molecule has 0 spiro atoms. The molecule has 1 amide bonds. The Morgan fingerprint density at radius 2 is 2.00 bits per heavy atom. The summed E-state index contributed by atoms with van der Waals surface area (Å²) in [5, 5.41) is 7.17. The minimum absolute atomic E-state index is 0.0185. The Morgan fingerprint density at radius 1 is 1.19 bits per heavy atom. The first-order valence-corrected chi connectivity index (χ1v) is 13.6. The van der Waals surface area contributed by atoms with Gasteiger partial charge in [0.1, 0.15) is 10.3 Å². The SMILES string of the molecule is COCCCS(=O)(=O)c1ccc(C(=NO[C@@H]2CCOC2)C(=O)Nc2nc3ccc(OC)nc3s2)cc1. The van der Waals surface area contributed by atoms with E-state index in [0.717, 1.165) is 0 Å². The average molecular weight is 535 g/mol. The Bertz CT molecular complexity index is 1330. The fraction of sp³-hybridized carbons (Fsp3) is 0.391. The minimum atomic E-state index is -3.48. The lowest BCUT2D eigenvalue weighted by Gasteiger charge is -2.10. The number of methoxy groups -OCH3 is 2. The lowest BCUT2D eigenvalue weighted by atomic mass is 10.1. The van der Waals surface area contributed by atoms with Crippen LogP contribution in [0, 0.1) is 0 Å². The number of benzene rings is 1. The topological polar surface area (TPSA) is 138 Å². The summed E-state index contributed by atoms with van der Waals surface area (Å²) in [5.74, 6) is -0.158. The molecule has 2 aromatic heterocycles. The summed E-state index contributed by atoms with van der Waals surface area (Å²) in [6, 6.07) is 9.39. The number of carbonyl (C=O) groups is 1. The van der Waals surface area contributed by atoms with Gasteiger partial charge in [-0.3, -0.25) is 10.1 Å². The highest BCUT2D eigenvalue weighted by Gasteiger charge is 2.22. The standard InChI is InChI=1S/C23H26N4O7S2/c1-31-11-3-13-36(29,30)17-6-4-15(5-7-17)20(27-34-16-10-12-33-14-16)21(28)26-23-24-18-8-9-19(32-2)25-22(18)35-23/h4-9,16H,3,10-14H2,1-2H3,(H,24,26,28)/t16-/m1/s1. The summed E-state index contributed by atoms with van der Waals surface area (Å²) in [5.41, 5.74) is 0.982. The minimum Gasteiger partial charge on any atom is -0.481 e. The van der Waals surface area contributed by atoms with E-state index >= 15 is 0 Å². The zero-order valence-electron chi connectivity index (χ0n) is 19.8. The van der Waals surface area contributed by atoms with Crippen LogP contribution >= 0.6 is 11.3 Å². The second-order valence-corrected chi connectivity index (χ2v) is 11.0. The van der Waals surface area contributed by atoms with Crippen molar-refractivity contribution in [2.24, 2.45) is 5.16 Å². The van der Waals surface area contributed by atoms with E-state index in [9.17, 15) is 13.2 Å². The van der Waals surface area contributed by atoms with Gasteiger partial charge in [-0.05, 0) is 24.6 Å². The van der Waals surface area contributed by atoms with Crippen molar-refractivity contribution in [1.82, 2.24) is 9.97 Å². The monoisotopic (exact) mass is 534 g/mol. The molecule has 4 rings (SSSR count). The van der Waals surface area contributed by atoms with Gasteiger partial charge in [-0.1, -0.05) is 28.6 Å². The number of hydrogen-bond acceptors (Lipinski definition) is 11. The third kappa shape index (κ3) is 6.35. The van der Waals surface area contributed by atoms with Gasteiger partial charge in [0.25, 0.3) is 5.91 Å². The molecular weight excluding hydrogens is 508 g/mol. The maximum atomic E-state index is 13.2. The summed E-state index contributed by atoms with van der Waals surface area (Å²) >= 11 is 1.19. The van der Waals surface area contributed by atoms with E-state index in [1.54, 1.807) is 12.1 Å². The van der Waals surface area contributed by atoms with E-state index in [0.29, 0.717) is 59.6 Å². The predicted octanol–water partition coefficient (Wildman–Crippen LogP) is 2.66. The highest BCUT2D eigenvalue weighted by Crippen LogP contribution is 2.26. The lowest BCUT2D eigenvalue weighted by Crippen LogP contribution is -2.25. The van der Waals surface area contributed by atoms with E-state index in [4.69, 9.17) is 19.0 Å². The number of aromatic nitrogens is 2. The van der Waals surface area contributed by atoms with Gasteiger partial charge in [0.05, 0.1) is 31.0 Å². The van der Waals surface area contributed by atoms with Crippen molar-refractivity contribution >= 4 is 48.3 Å². The first-order chi connectivity index (χ1) is 17.4. The van der Waals surface area contributed by atoms with Crippen LogP contribution in [-0.2, 0) is 28.9 Å². The quantitative estimate of drug-likeness (QED) is 0.223. The zero-order valence-corrected chi connectivity index (χ0v) is 21.4. The molecule has 1 fully saturated rings. The number of nitrogens with zero attached hydrogens (tertiary/aromatic N) is 3. The number of sulfone groups is 1. The Labute approximate surface area is 212 Å². The fourth-order valence-electron chi connectivity index (χ4n) is 3.40. The van der Waals surface area contributed by atoms with Crippen LogP contribution < -0.4 is 10.1 Å². The maximum Gasteiger partial charge on any atom is 0.280 e. The van der Waals surface area contributed by atoms with Gasteiger partial charge in [0.2, 0.25) is 5.88 Å². The molecule has 1 aromatic carbocycles. The molecule has 1 aliphatic heterocycles. The van der Waals surface area contributed by atoms with Gasteiger partial charge in [-0.25, -0.2) is 18.4 Å². The molecule has 0 saturated carbocycles. The van der Waals surface area contributed by atoms with E-state index in [1.165, 1.54) is 49.8 Å². The van der Waals surface area contributed by atoms with Crippen molar-refractivity contribution < 1.29 is 32.3 Å². The Hall–Kier alpha value is -3.13. The van der Waals surface area contributed by atoms with E-state index in [1.807, 2.05) is 0 Å². The van der Waals surface area contributed by atoms with Crippen LogP contribution in [0.15, 0.2) is 46.4 Å². The Morgan fingerprint density at radius 3 is 2.69 bits per heavy atom. The normalized spacial score (nSPS) is 16.3. The highest BCUT2D eigenvalue weighted by atomic mass is 32.2. The number of rotatable bonds is 11. The molecule has 36 heavy (non-hydrogen) atoms. The maximum absolute atomic E-state index is 13.2. The smallest absolute Gasteiger partial charge is 0.280 e. The van der Waals surface area contributed by atoms with Crippen molar-refractivity contribution in [3.05, 3.63) is 42.0 Å². The molecule has 1 saturated heterocycles. The third-order valence-corrected chi connectivity index (χ3v) is 8.00. The van der Waals surface area contributed by atoms with Gasteiger partial charge in [0, 0.05) is 31.8 Å². The first-order valence-electron chi connectivity index (χ1n) is 11.2. The molecule has 3 heterocycles. The molecule has 13 heteroatoms. The second kappa shape index (κ2) is 11.7. The van der Waals surface area contributed by atoms with Crippen LogP contribution in [0.2, 0.25) is 0 Å². The number of thiazole rings is 1. The van der Waals surface area contributed by atoms with Gasteiger partial charge in [0.15, 0.2) is 26.8 Å². The van der Waals surface area contributed by atoms with Crippen LogP contribution in [0.5, 0.6) is 5.88 Å². The summed E-state index contributed by atoms with van der Waals surface area (Å²) < 4.78 is 40.5. The fourth-order valence-corrected chi connectivity index (χ4v) is 5.51. The number of oxime groups is 1. The zero-order chi connectivity index (χ0) is 25.5. The molecule has 0 radical (unpaired) electrons. The van der Waals surface area contributed by atoms with Gasteiger partial charge >= 0.3 is 0 Å². The van der Waals surface area contributed by atoms with Gasteiger partial charge in [-0.15, -0.1) is 0 Å². The number of carbonyl (C=O) groups excluding carboxylic acids is 1. The van der Waals surface area contributed by atoms with Crippen molar-refractivity contribution in [3.8, 4) is 5.88 Å². The molecule has 1 atom stereocenters. The van der Waals surface area contributed by atoms with E-state index in [2.05, 4.69) is 20.4 Å². The van der Waals surface area contributed by atoms with E-state index < -0.39 is 15.7 Å². The van der Waals surface area contributed by atoms with Crippen LogP contribution in [0.4, 0.5) is 5.13 Å². The number of ether oxygens (including phenoxy) is 3. The van der Waals surface area contributed by atoms with Crippen molar-refractivity contribution in [2.75, 3.05) is 45.1 Å². The van der Waals surface area contributed by atoms with Crippen LogP contribution in [0.1, 0.15) is 18.4 Å². The summed E-state index contributed by atoms with van der Waals surface area (Å²) in [6.45, 7) is 1.28. The molecule has 0 unspecified atom stereocenters. The molecule has 3 aromatic rings. The molecule has 1 aliphatic rings. The summed E-state index contributed by atoms with van der Waals surface area (Å²) in [7, 11) is -0.441. The highest BCUT2D eigenvalue weighted by molar-refractivity contribution is 7.91. The van der Waals surface area contributed by atoms with Crippen LogP contribution in [0.3, 0.4) is 0 Å². The second-order valence-electron chi connectivity index (χ2n) is 7.87. The molecule has 0 aliphatic carbocycles. The number of anilines is 1. The number of pyridine rings is 1. The Kier molecular flexibility index (Phi) is 8.46. The van der Waals surface area contributed by atoms with E-state index in [-0.39, 0.29) is 22.5 Å². The summed E-state index contributed by atoms with van der Waals surface area (Å²) in [6.07, 6.45) is 0.769. The molecular formula is C23H26N4O7S2. The molecule has 0 bridgehead atoms. The third-order valence-electron chi connectivity index (χ3n) is 5.30. The van der Waals surface area contributed by atoms with Crippen molar-refractivity contribution in [2.45, 2.75) is 23.8 Å². The van der Waals surface area contributed by atoms with Gasteiger partial charge < -0.3 is 19.0 Å². The predicted molar refractivity (Wildman–Crippen MR) is 134 cm³/mol. The van der Waals surface area contributed by atoms with Crippen LogP contribution in [0.25, 0.3) is 10.3 Å². The number of hydrogen-bond donors (Lipinski definition) is 1. The largest absolute Gasteiger partial charge is 0.481 e. The lowest BCUT2D eigenvalue weighted by molar-refractivity contribution is -0.110. The van der Waals surface area contributed by atoms with Crippen molar-refractivity contribution in [1.29, 1.82) is 0 Å². The van der Waals surface area contributed by atoms with Crippen molar-refractivity contribution in [3.63, 3.8) is 0 Å². The number of fused-ring (bicyclic) bond motifs is 1. The molecule has 1 N–H and O–H groups in total. The van der Waals surface area contributed by atoms with Gasteiger partial charge in [-0.2, -0.15) is 0 Å². The number of amides is 1.